The van der Waals surface area contributed by atoms with Crippen molar-refractivity contribution in [1.82, 2.24) is 4.90 Å². The molecule has 104 valence electrons. The van der Waals surface area contributed by atoms with Gasteiger partial charge in [-0.3, -0.25) is 4.79 Å². The molecule has 0 aliphatic carbocycles. The van der Waals surface area contributed by atoms with Crippen LogP contribution in [-0.4, -0.2) is 31.8 Å². The summed E-state index contributed by atoms with van der Waals surface area (Å²) in [6.45, 7) is 2.80. The number of amides is 1. The van der Waals surface area contributed by atoms with Crippen molar-refractivity contribution in [2.75, 3.05) is 6.54 Å². The zero-order chi connectivity index (χ0) is 14.0. The summed E-state index contributed by atoms with van der Waals surface area (Å²) in [6, 6.07) is 6.01. The molecule has 1 fully saturated rings. The van der Waals surface area contributed by atoms with E-state index in [2.05, 4.69) is 0 Å². The van der Waals surface area contributed by atoms with Gasteiger partial charge < -0.3 is 4.90 Å². The minimum Gasteiger partial charge on any atom is -0.336 e. The highest BCUT2D eigenvalue weighted by atomic mass is 32.2. The number of sulfonamides is 1. The third-order valence-electron chi connectivity index (χ3n) is 3.49. The fourth-order valence-electron chi connectivity index (χ4n) is 2.35. The Morgan fingerprint density at radius 1 is 1.26 bits per heavy atom. The van der Waals surface area contributed by atoms with Gasteiger partial charge in [-0.1, -0.05) is 0 Å². The van der Waals surface area contributed by atoms with Crippen LogP contribution in [0.25, 0.3) is 0 Å². The molecule has 2 rings (SSSR count). The predicted molar refractivity (Wildman–Crippen MR) is 72.2 cm³/mol. The zero-order valence-corrected chi connectivity index (χ0v) is 11.7. The number of primary sulfonamides is 1. The van der Waals surface area contributed by atoms with Gasteiger partial charge in [0.05, 0.1) is 4.90 Å². The van der Waals surface area contributed by atoms with Crippen LogP contribution in [0.2, 0.25) is 0 Å². The molecular weight excluding hydrogens is 264 g/mol. The summed E-state index contributed by atoms with van der Waals surface area (Å²) in [5.41, 5.74) is 0.501. The number of nitrogens with two attached hydrogens (primary N) is 1. The maximum atomic E-state index is 12.3. The lowest BCUT2D eigenvalue weighted by Crippen LogP contribution is -2.42. The van der Waals surface area contributed by atoms with Crippen molar-refractivity contribution >= 4 is 15.9 Å². The molecule has 0 saturated carbocycles. The van der Waals surface area contributed by atoms with Crippen LogP contribution in [0.15, 0.2) is 29.2 Å². The number of benzene rings is 1. The average Bonchev–Trinajstić information content (AvgIpc) is 2.38. The Labute approximate surface area is 113 Å². The summed E-state index contributed by atoms with van der Waals surface area (Å²) in [4.78, 5) is 14.2. The van der Waals surface area contributed by atoms with Gasteiger partial charge in [-0.2, -0.15) is 0 Å². The smallest absolute Gasteiger partial charge is 0.254 e. The number of carbonyl (C=O) groups excluding carboxylic acids is 1. The molecule has 1 saturated heterocycles. The van der Waals surface area contributed by atoms with E-state index in [9.17, 15) is 13.2 Å². The van der Waals surface area contributed by atoms with Gasteiger partial charge in [-0.15, -0.1) is 0 Å². The first kappa shape index (κ1) is 14.0. The first-order chi connectivity index (χ1) is 8.89. The van der Waals surface area contributed by atoms with Crippen molar-refractivity contribution in [1.29, 1.82) is 0 Å². The molecule has 19 heavy (non-hydrogen) atoms. The molecular formula is C13H18N2O3S. The van der Waals surface area contributed by atoms with Crippen LogP contribution >= 0.6 is 0 Å². The summed E-state index contributed by atoms with van der Waals surface area (Å²) in [6.07, 6.45) is 3.18. The number of hydrogen-bond donors (Lipinski definition) is 1. The lowest BCUT2D eigenvalue weighted by molar-refractivity contribution is 0.0635. The fourth-order valence-corrected chi connectivity index (χ4v) is 2.87. The molecule has 1 unspecified atom stereocenters. The van der Waals surface area contributed by atoms with Crippen molar-refractivity contribution in [2.45, 2.75) is 37.1 Å². The van der Waals surface area contributed by atoms with Crippen LogP contribution in [0.1, 0.15) is 36.5 Å². The Balaban J connectivity index is 2.20. The largest absolute Gasteiger partial charge is 0.336 e. The molecule has 0 radical (unpaired) electrons. The normalized spacial score (nSPS) is 20.3. The number of rotatable bonds is 2. The highest BCUT2D eigenvalue weighted by Gasteiger charge is 2.24. The monoisotopic (exact) mass is 282 g/mol. The number of carbonyl (C=O) groups is 1. The van der Waals surface area contributed by atoms with Crippen molar-refractivity contribution in [3.05, 3.63) is 29.8 Å². The standard InChI is InChI=1S/C13H18N2O3S/c1-10-4-2-3-9-15(10)13(16)11-5-7-12(8-6-11)19(14,17)18/h5-8,10H,2-4,9H2,1H3,(H2,14,17,18). The van der Waals surface area contributed by atoms with E-state index in [1.807, 2.05) is 11.8 Å². The van der Waals surface area contributed by atoms with E-state index in [-0.39, 0.29) is 16.8 Å². The quantitative estimate of drug-likeness (QED) is 0.889. The highest BCUT2D eigenvalue weighted by Crippen LogP contribution is 2.19. The van der Waals surface area contributed by atoms with Gasteiger partial charge in [0.25, 0.3) is 5.91 Å². The van der Waals surface area contributed by atoms with E-state index in [1.165, 1.54) is 24.3 Å². The van der Waals surface area contributed by atoms with Crippen LogP contribution < -0.4 is 5.14 Å². The van der Waals surface area contributed by atoms with Gasteiger partial charge in [0.15, 0.2) is 0 Å². The van der Waals surface area contributed by atoms with E-state index in [4.69, 9.17) is 5.14 Å². The highest BCUT2D eigenvalue weighted by molar-refractivity contribution is 7.89. The molecule has 1 heterocycles. The maximum absolute atomic E-state index is 12.3. The van der Waals surface area contributed by atoms with Gasteiger partial charge >= 0.3 is 0 Å². The molecule has 5 nitrogen and oxygen atoms in total. The van der Waals surface area contributed by atoms with E-state index < -0.39 is 10.0 Å². The maximum Gasteiger partial charge on any atom is 0.254 e. The Morgan fingerprint density at radius 3 is 2.42 bits per heavy atom. The lowest BCUT2D eigenvalue weighted by atomic mass is 10.0. The van der Waals surface area contributed by atoms with Crippen LogP contribution in [0.3, 0.4) is 0 Å². The van der Waals surface area contributed by atoms with Crippen LogP contribution in [0, 0.1) is 0 Å². The first-order valence-electron chi connectivity index (χ1n) is 6.33. The summed E-state index contributed by atoms with van der Waals surface area (Å²) in [7, 11) is -3.71. The van der Waals surface area contributed by atoms with Crippen molar-refractivity contribution in [3.8, 4) is 0 Å². The van der Waals surface area contributed by atoms with E-state index in [0.717, 1.165) is 25.8 Å². The summed E-state index contributed by atoms with van der Waals surface area (Å²) < 4.78 is 22.3. The second kappa shape index (κ2) is 5.30. The van der Waals surface area contributed by atoms with Crippen molar-refractivity contribution < 1.29 is 13.2 Å². The molecule has 1 aromatic rings. The zero-order valence-electron chi connectivity index (χ0n) is 10.9. The average molecular weight is 282 g/mol. The molecule has 1 aliphatic heterocycles. The fraction of sp³-hybridized carbons (Fsp3) is 0.462. The molecule has 0 bridgehead atoms. The second-order valence-corrected chi connectivity index (χ2v) is 6.47. The summed E-state index contributed by atoms with van der Waals surface area (Å²) in [5, 5.41) is 5.02. The molecule has 0 spiro atoms. The van der Waals surface area contributed by atoms with Gasteiger partial charge in [0.2, 0.25) is 10.0 Å². The van der Waals surface area contributed by atoms with E-state index in [1.54, 1.807) is 0 Å². The molecule has 1 aromatic carbocycles. The minimum absolute atomic E-state index is 0.0238. The Bertz CT molecular complexity index is 566. The number of piperidine rings is 1. The van der Waals surface area contributed by atoms with Crippen LogP contribution in [0.5, 0.6) is 0 Å². The molecule has 2 N–H and O–H groups in total. The lowest BCUT2D eigenvalue weighted by Gasteiger charge is -2.33. The van der Waals surface area contributed by atoms with Crippen molar-refractivity contribution in [3.63, 3.8) is 0 Å². The van der Waals surface area contributed by atoms with Crippen LogP contribution in [-0.2, 0) is 10.0 Å². The minimum atomic E-state index is -3.71. The third kappa shape index (κ3) is 3.13. The van der Waals surface area contributed by atoms with Gasteiger partial charge in [0.1, 0.15) is 0 Å². The Morgan fingerprint density at radius 2 is 1.89 bits per heavy atom. The van der Waals surface area contributed by atoms with Gasteiger partial charge in [-0.05, 0) is 50.5 Å². The summed E-state index contributed by atoms with van der Waals surface area (Å²) in [5.74, 6) is -0.0480. The second-order valence-electron chi connectivity index (χ2n) is 4.91. The molecule has 6 heteroatoms. The number of nitrogens with zero attached hydrogens (tertiary/aromatic N) is 1. The van der Waals surface area contributed by atoms with E-state index in [0.29, 0.717) is 5.56 Å². The molecule has 1 amide bonds. The van der Waals surface area contributed by atoms with Gasteiger partial charge in [0, 0.05) is 18.2 Å². The first-order valence-corrected chi connectivity index (χ1v) is 7.88. The van der Waals surface area contributed by atoms with E-state index >= 15 is 0 Å². The van der Waals surface area contributed by atoms with Crippen LogP contribution in [0.4, 0.5) is 0 Å². The Kier molecular flexibility index (Phi) is 3.91. The summed E-state index contributed by atoms with van der Waals surface area (Å²) >= 11 is 0. The van der Waals surface area contributed by atoms with Gasteiger partial charge in [-0.25, -0.2) is 13.6 Å². The Hall–Kier alpha value is -1.40. The number of likely N-dealkylation sites (tertiary alicyclic amines) is 1. The molecule has 1 atom stereocenters. The van der Waals surface area contributed by atoms with Crippen molar-refractivity contribution in [2.24, 2.45) is 5.14 Å². The molecule has 0 aromatic heterocycles. The topological polar surface area (TPSA) is 80.5 Å². The SMILES string of the molecule is CC1CCCCN1C(=O)c1ccc(S(N)(=O)=O)cc1. The predicted octanol–water partition coefficient (Wildman–Crippen LogP) is 1.35. The third-order valence-corrected chi connectivity index (χ3v) is 4.42. The molecule has 1 aliphatic rings. The number of hydrogen-bond acceptors (Lipinski definition) is 3.